The number of rotatable bonds is 9. The quantitative estimate of drug-likeness (QED) is 0.156. The number of nitrogens with one attached hydrogen (secondary N) is 1. The number of carbonyl (C=O) groups is 1. The van der Waals surface area contributed by atoms with Crippen LogP contribution in [0.2, 0.25) is 0 Å². The highest BCUT2D eigenvalue weighted by Gasteiger charge is 2.17. The number of aryl methyl sites for hydroxylation is 1. The number of amides is 1. The molecule has 3 aromatic carbocycles. The Hall–Kier alpha value is -4.51. The van der Waals surface area contributed by atoms with Crippen LogP contribution in [0.25, 0.3) is 17.1 Å². The van der Waals surface area contributed by atoms with Crippen molar-refractivity contribution in [1.29, 1.82) is 0 Å². The zero-order chi connectivity index (χ0) is 25.5. The van der Waals surface area contributed by atoms with E-state index in [1.807, 2.05) is 60.0 Å². The molecule has 0 fully saturated rings. The van der Waals surface area contributed by atoms with Gasteiger partial charge in [-0.05, 0) is 61.0 Å². The Balaban J connectivity index is 1.48. The first-order chi connectivity index (χ1) is 17.4. The lowest BCUT2D eigenvalue weighted by molar-refractivity contribution is -0.384. The van der Waals surface area contributed by atoms with Crippen LogP contribution in [0, 0.1) is 17.0 Å². The fourth-order valence-corrected chi connectivity index (χ4v) is 3.98. The van der Waals surface area contributed by atoms with Crippen LogP contribution in [0.15, 0.2) is 83.1 Å². The second-order valence-corrected chi connectivity index (χ2v) is 8.58. The van der Waals surface area contributed by atoms with Gasteiger partial charge in [0.25, 0.3) is 11.6 Å². The Morgan fingerprint density at radius 1 is 1.08 bits per heavy atom. The molecule has 0 radical (unpaired) electrons. The van der Waals surface area contributed by atoms with E-state index in [0.717, 1.165) is 22.6 Å². The summed E-state index contributed by atoms with van der Waals surface area (Å²) in [6, 6.07) is 21.3. The van der Waals surface area contributed by atoms with Gasteiger partial charge >= 0.3 is 0 Å². The maximum absolute atomic E-state index is 12.4. The number of hydrogen-bond acceptors (Lipinski definition) is 8. The number of hydrogen-bond donors (Lipinski definition) is 1. The first kappa shape index (κ1) is 24.6. The van der Waals surface area contributed by atoms with Crippen LogP contribution in [-0.2, 0) is 4.79 Å². The Bertz CT molecular complexity index is 1380. The minimum atomic E-state index is -0.477. The number of thioether (sulfide) groups is 1. The fraction of sp³-hybridized carbons (Fsp3) is 0.120. The molecule has 0 unspecified atom stereocenters. The average molecular weight is 503 g/mol. The van der Waals surface area contributed by atoms with E-state index in [2.05, 4.69) is 20.7 Å². The van der Waals surface area contributed by atoms with Crippen molar-refractivity contribution < 1.29 is 14.5 Å². The SMILES string of the molecule is COc1ccc(-c2nnc(SCC(=O)NN=Cc3ccc([N+](=O)[O-])cc3)n2-c2ccc(C)cc2)cc1. The summed E-state index contributed by atoms with van der Waals surface area (Å²) < 4.78 is 7.15. The Morgan fingerprint density at radius 2 is 1.78 bits per heavy atom. The number of nitrogens with zero attached hydrogens (tertiary/aromatic N) is 5. The topological polar surface area (TPSA) is 125 Å². The van der Waals surface area contributed by atoms with E-state index in [1.165, 1.54) is 30.1 Å². The molecule has 1 N–H and O–H groups in total. The molecule has 1 amide bonds. The van der Waals surface area contributed by atoms with Gasteiger partial charge in [0.15, 0.2) is 11.0 Å². The molecule has 0 saturated carbocycles. The Morgan fingerprint density at radius 3 is 2.42 bits per heavy atom. The molecule has 10 nitrogen and oxygen atoms in total. The second kappa shape index (κ2) is 11.3. The second-order valence-electron chi connectivity index (χ2n) is 7.64. The third-order valence-corrected chi connectivity index (χ3v) is 6.04. The molecule has 0 saturated heterocycles. The number of benzene rings is 3. The molecule has 1 heterocycles. The van der Waals surface area contributed by atoms with Crippen LogP contribution in [0.5, 0.6) is 5.75 Å². The van der Waals surface area contributed by atoms with Gasteiger partial charge < -0.3 is 4.74 Å². The largest absolute Gasteiger partial charge is 0.497 e. The van der Waals surface area contributed by atoms with Crippen molar-refractivity contribution in [3.05, 3.63) is 94.0 Å². The van der Waals surface area contributed by atoms with Crippen LogP contribution >= 0.6 is 11.8 Å². The summed E-state index contributed by atoms with van der Waals surface area (Å²) in [7, 11) is 1.61. The van der Waals surface area contributed by atoms with Gasteiger partial charge in [-0.25, -0.2) is 5.43 Å². The van der Waals surface area contributed by atoms with Crippen molar-refractivity contribution in [3.8, 4) is 22.8 Å². The van der Waals surface area contributed by atoms with E-state index in [4.69, 9.17) is 4.74 Å². The van der Waals surface area contributed by atoms with E-state index in [0.29, 0.717) is 16.5 Å². The lowest BCUT2D eigenvalue weighted by atomic mass is 10.2. The number of nitro benzene ring substituents is 1. The molecule has 0 aliphatic carbocycles. The highest BCUT2D eigenvalue weighted by Crippen LogP contribution is 2.29. The van der Waals surface area contributed by atoms with Gasteiger partial charge in [0, 0.05) is 23.4 Å². The molecule has 182 valence electrons. The van der Waals surface area contributed by atoms with Gasteiger partial charge in [0.05, 0.1) is 24.0 Å². The molecule has 36 heavy (non-hydrogen) atoms. The lowest BCUT2D eigenvalue weighted by Crippen LogP contribution is -2.20. The molecule has 11 heteroatoms. The van der Waals surface area contributed by atoms with Crippen molar-refractivity contribution in [2.75, 3.05) is 12.9 Å². The van der Waals surface area contributed by atoms with Gasteiger partial charge in [0.2, 0.25) is 0 Å². The first-order valence-electron chi connectivity index (χ1n) is 10.8. The molecule has 4 aromatic rings. The van der Waals surface area contributed by atoms with Gasteiger partial charge in [-0.1, -0.05) is 29.5 Å². The summed E-state index contributed by atoms with van der Waals surface area (Å²) in [5.74, 6) is 1.11. The minimum Gasteiger partial charge on any atom is -0.497 e. The van der Waals surface area contributed by atoms with Gasteiger partial charge in [-0.3, -0.25) is 19.5 Å². The van der Waals surface area contributed by atoms with Crippen LogP contribution in [-0.4, -0.2) is 44.7 Å². The Kier molecular flexibility index (Phi) is 7.71. The third kappa shape index (κ3) is 5.94. The highest BCUT2D eigenvalue weighted by atomic mass is 32.2. The van der Waals surface area contributed by atoms with E-state index >= 15 is 0 Å². The molecule has 4 rings (SSSR count). The molecular formula is C25H22N6O4S. The summed E-state index contributed by atoms with van der Waals surface area (Å²) in [6.07, 6.45) is 1.42. The molecule has 0 aliphatic heterocycles. The molecule has 0 atom stereocenters. The maximum Gasteiger partial charge on any atom is 0.269 e. The predicted octanol–water partition coefficient (Wildman–Crippen LogP) is 4.40. The molecular weight excluding hydrogens is 480 g/mol. The number of methoxy groups -OCH3 is 1. The van der Waals surface area contributed by atoms with Crippen molar-refractivity contribution in [2.24, 2.45) is 5.10 Å². The Labute approximate surface area is 211 Å². The van der Waals surface area contributed by atoms with Crippen molar-refractivity contribution in [3.63, 3.8) is 0 Å². The van der Waals surface area contributed by atoms with E-state index in [9.17, 15) is 14.9 Å². The summed E-state index contributed by atoms with van der Waals surface area (Å²) >= 11 is 1.23. The first-order valence-corrected chi connectivity index (χ1v) is 11.8. The molecule has 0 bridgehead atoms. The number of nitro groups is 1. The molecule has 0 spiro atoms. The third-order valence-electron chi connectivity index (χ3n) is 5.11. The number of hydrazone groups is 1. The summed E-state index contributed by atoms with van der Waals surface area (Å²) in [5, 5.41) is 23.9. The van der Waals surface area contributed by atoms with Gasteiger partial charge in [-0.15, -0.1) is 10.2 Å². The van der Waals surface area contributed by atoms with Crippen LogP contribution < -0.4 is 10.2 Å². The normalized spacial score (nSPS) is 10.9. The highest BCUT2D eigenvalue weighted by molar-refractivity contribution is 7.99. The average Bonchev–Trinajstić information content (AvgIpc) is 3.32. The van der Waals surface area contributed by atoms with E-state index < -0.39 is 4.92 Å². The summed E-state index contributed by atoms with van der Waals surface area (Å²) in [6.45, 7) is 2.01. The number of non-ortho nitro benzene ring substituents is 1. The lowest BCUT2D eigenvalue weighted by Gasteiger charge is -2.11. The zero-order valence-electron chi connectivity index (χ0n) is 19.5. The standard InChI is InChI=1S/C25H22N6O4S/c1-17-3-9-20(10-4-17)30-24(19-7-13-22(35-2)14-8-19)28-29-25(30)36-16-23(32)27-26-15-18-5-11-21(12-6-18)31(33)34/h3-15H,16H2,1-2H3,(H,27,32). The molecule has 0 aliphatic rings. The van der Waals surface area contributed by atoms with Crippen molar-refractivity contribution in [1.82, 2.24) is 20.2 Å². The van der Waals surface area contributed by atoms with Gasteiger partial charge in [-0.2, -0.15) is 5.10 Å². The van der Waals surface area contributed by atoms with Crippen LogP contribution in [0.1, 0.15) is 11.1 Å². The van der Waals surface area contributed by atoms with Crippen LogP contribution in [0.4, 0.5) is 5.69 Å². The molecule has 1 aromatic heterocycles. The number of ether oxygens (including phenoxy) is 1. The van der Waals surface area contributed by atoms with E-state index in [1.54, 1.807) is 19.2 Å². The van der Waals surface area contributed by atoms with Crippen LogP contribution in [0.3, 0.4) is 0 Å². The fourth-order valence-electron chi connectivity index (χ4n) is 3.24. The van der Waals surface area contributed by atoms with Gasteiger partial charge in [0.1, 0.15) is 5.75 Å². The zero-order valence-corrected chi connectivity index (χ0v) is 20.3. The predicted molar refractivity (Wildman–Crippen MR) is 138 cm³/mol. The number of carbonyl (C=O) groups excluding carboxylic acids is 1. The van der Waals surface area contributed by atoms with E-state index in [-0.39, 0.29) is 17.3 Å². The van der Waals surface area contributed by atoms with Crippen molar-refractivity contribution >= 4 is 29.6 Å². The minimum absolute atomic E-state index is 0.0146. The smallest absolute Gasteiger partial charge is 0.269 e. The maximum atomic E-state index is 12.4. The number of aromatic nitrogens is 3. The summed E-state index contributed by atoms with van der Waals surface area (Å²) in [5.41, 5.74) is 5.92. The summed E-state index contributed by atoms with van der Waals surface area (Å²) in [4.78, 5) is 22.6. The van der Waals surface area contributed by atoms with Crippen molar-refractivity contribution in [2.45, 2.75) is 12.1 Å². The monoisotopic (exact) mass is 502 g/mol.